The van der Waals surface area contributed by atoms with Crippen molar-refractivity contribution in [1.82, 2.24) is 0 Å². The number of quaternary nitrogens is 1. The fourth-order valence-electron chi connectivity index (χ4n) is 2.00. The van der Waals surface area contributed by atoms with E-state index in [9.17, 15) is 0 Å². The summed E-state index contributed by atoms with van der Waals surface area (Å²) in [6.07, 6.45) is 9.48. The predicted octanol–water partition coefficient (Wildman–Crippen LogP) is 1.45. The molecular weight excluding hydrogens is 258 g/mol. The number of nitrogens with zero attached hydrogens (tertiary/aromatic N) is 1. The molecular formula is C16H36ClNO. The average Bonchev–Trinajstić information content (AvgIpc) is 2.33. The lowest BCUT2D eigenvalue weighted by Crippen LogP contribution is -3.00. The van der Waals surface area contributed by atoms with Crippen LogP contribution in [-0.4, -0.2) is 38.5 Å². The van der Waals surface area contributed by atoms with Gasteiger partial charge in [-0.25, -0.2) is 0 Å². The molecule has 0 saturated heterocycles. The minimum atomic E-state index is 0. The highest BCUT2D eigenvalue weighted by Crippen LogP contribution is 2.09. The first-order valence-corrected chi connectivity index (χ1v) is 7.91. The molecule has 2 nitrogen and oxygen atoms in total. The van der Waals surface area contributed by atoms with E-state index >= 15 is 0 Å². The minimum Gasteiger partial charge on any atom is -1.00 e. The highest BCUT2D eigenvalue weighted by atomic mass is 35.5. The van der Waals surface area contributed by atoms with Crippen LogP contribution in [0.5, 0.6) is 0 Å². The van der Waals surface area contributed by atoms with Crippen LogP contribution in [0.3, 0.4) is 0 Å². The first-order valence-electron chi connectivity index (χ1n) is 7.91. The summed E-state index contributed by atoms with van der Waals surface area (Å²) >= 11 is 0. The van der Waals surface area contributed by atoms with E-state index in [2.05, 4.69) is 34.9 Å². The summed E-state index contributed by atoms with van der Waals surface area (Å²) in [4.78, 5) is 0. The van der Waals surface area contributed by atoms with E-state index < -0.39 is 0 Å². The third-order valence-corrected chi connectivity index (χ3v) is 3.66. The van der Waals surface area contributed by atoms with Crippen LogP contribution in [0.15, 0.2) is 0 Å². The molecule has 0 rings (SSSR count). The van der Waals surface area contributed by atoms with Crippen molar-refractivity contribution < 1.29 is 21.6 Å². The molecule has 0 aromatic rings. The summed E-state index contributed by atoms with van der Waals surface area (Å²) in [7, 11) is 4.56. The molecule has 19 heavy (non-hydrogen) atoms. The molecule has 0 heterocycles. The second-order valence-electron chi connectivity index (χ2n) is 6.44. The smallest absolute Gasteiger partial charge is 0.182 e. The molecule has 1 atom stereocenters. The zero-order chi connectivity index (χ0) is 13.9. The second-order valence-corrected chi connectivity index (χ2v) is 6.44. The molecule has 118 valence electrons. The van der Waals surface area contributed by atoms with Crippen molar-refractivity contribution in [3.05, 3.63) is 0 Å². The normalized spacial score (nSPS) is 13.1. The Balaban J connectivity index is 0. The quantitative estimate of drug-likeness (QED) is 0.301. The largest absolute Gasteiger partial charge is 1.00 e. The van der Waals surface area contributed by atoms with Gasteiger partial charge in [0.05, 0.1) is 27.2 Å². The molecule has 0 aromatic carbocycles. The number of hydrogen-bond donors (Lipinski definition) is 0. The Bertz CT molecular complexity index is 186. The molecule has 0 bridgehead atoms. The van der Waals surface area contributed by atoms with Gasteiger partial charge in [-0.15, -0.1) is 0 Å². The monoisotopic (exact) mass is 293 g/mol. The van der Waals surface area contributed by atoms with Gasteiger partial charge in [-0.05, 0) is 18.8 Å². The zero-order valence-electron chi connectivity index (χ0n) is 13.9. The number of hydrogen-bond acceptors (Lipinski definition) is 1. The summed E-state index contributed by atoms with van der Waals surface area (Å²) in [6, 6.07) is 0. The van der Waals surface area contributed by atoms with Crippen LogP contribution in [0.2, 0.25) is 0 Å². The van der Waals surface area contributed by atoms with E-state index in [1.807, 2.05) is 0 Å². The van der Waals surface area contributed by atoms with Gasteiger partial charge in [-0.1, -0.05) is 52.9 Å². The van der Waals surface area contributed by atoms with Gasteiger partial charge in [0.25, 0.3) is 0 Å². The van der Waals surface area contributed by atoms with Gasteiger partial charge >= 0.3 is 0 Å². The van der Waals surface area contributed by atoms with Gasteiger partial charge in [-0.2, -0.15) is 0 Å². The van der Waals surface area contributed by atoms with Crippen LogP contribution in [0.1, 0.15) is 65.7 Å². The Morgan fingerprint density at radius 2 is 1.53 bits per heavy atom. The van der Waals surface area contributed by atoms with Gasteiger partial charge in [0.2, 0.25) is 0 Å². The van der Waals surface area contributed by atoms with Crippen molar-refractivity contribution in [3.63, 3.8) is 0 Å². The maximum absolute atomic E-state index is 5.82. The van der Waals surface area contributed by atoms with Gasteiger partial charge in [0, 0.05) is 0 Å². The molecule has 1 unspecified atom stereocenters. The third kappa shape index (κ3) is 14.4. The van der Waals surface area contributed by atoms with Crippen molar-refractivity contribution in [1.29, 1.82) is 0 Å². The van der Waals surface area contributed by atoms with Gasteiger partial charge < -0.3 is 21.6 Å². The van der Waals surface area contributed by atoms with Crippen LogP contribution in [-0.2, 0) is 4.74 Å². The molecule has 0 aromatic heterocycles. The lowest BCUT2D eigenvalue weighted by Gasteiger charge is -2.29. The second kappa shape index (κ2) is 13.2. The first-order chi connectivity index (χ1) is 8.52. The lowest BCUT2D eigenvalue weighted by molar-refractivity contribution is -0.910. The van der Waals surface area contributed by atoms with E-state index in [1.165, 1.54) is 51.5 Å². The summed E-state index contributed by atoms with van der Waals surface area (Å²) < 4.78 is 6.82. The molecule has 0 saturated carbocycles. The average molecular weight is 294 g/mol. The Labute approximate surface area is 127 Å². The van der Waals surface area contributed by atoms with Crippen LogP contribution in [0, 0.1) is 5.92 Å². The summed E-state index contributed by atoms with van der Waals surface area (Å²) in [5.74, 6) is 0.694. The first kappa shape index (κ1) is 21.5. The Morgan fingerprint density at radius 3 is 2.11 bits per heavy atom. The Morgan fingerprint density at radius 1 is 0.947 bits per heavy atom. The van der Waals surface area contributed by atoms with Gasteiger partial charge in [0.15, 0.2) is 6.73 Å². The van der Waals surface area contributed by atoms with Crippen LogP contribution in [0.25, 0.3) is 0 Å². The molecule has 0 spiro atoms. The molecule has 0 amide bonds. The molecule has 3 heteroatoms. The minimum absolute atomic E-state index is 0. The Hall–Kier alpha value is 0.210. The highest BCUT2D eigenvalue weighted by molar-refractivity contribution is 4.45. The number of unbranched alkanes of at least 4 members (excludes halogenated alkanes) is 5. The lowest BCUT2D eigenvalue weighted by atomic mass is 10.1. The van der Waals surface area contributed by atoms with E-state index in [4.69, 9.17) is 4.74 Å². The van der Waals surface area contributed by atoms with Gasteiger partial charge in [-0.3, -0.25) is 0 Å². The van der Waals surface area contributed by atoms with Crippen molar-refractivity contribution in [3.8, 4) is 0 Å². The summed E-state index contributed by atoms with van der Waals surface area (Å²) in [6.45, 7) is 9.77. The van der Waals surface area contributed by atoms with E-state index in [-0.39, 0.29) is 12.4 Å². The molecule has 0 fully saturated rings. The number of halogens is 1. The zero-order valence-corrected chi connectivity index (χ0v) is 14.6. The van der Waals surface area contributed by atoms with Crippen molar-refractivity contribution in [2.75, 3.05) is 34.0 Å². The maximum Gasteiger partial charge on any atom is 0.182 e. The molecule has 0 radical (unpaired) electrons. The summed E-state index contributed by atoms with van der Waals surface area (Å²) in [5.41, 5.74) is 0. The van der Waals surface area contributed by atoms with E-state index in [0.717, 1.165) is 17.8 Å². The molecule has 0 aliphatic rings. The molecule has 0 N–H and O–H groups in total. The van der Waals surface area contributed by atoms with E-state index in [0.29, 0.717) is 5.92 Å². The van der Waals surface area contributed by atoms with Crippen molar-refractivity contribution >= 4 is 0 Å². The van der Waals surface area contributed by atoms with Crippen molar-refractivity contribution in [2.24, 2.45) is 5.92 Å². The predicted molar refractivity (Wildman–Crippen MR) is 80.6 cm³/mol. The van der Waals surface area contributed by atoms with Crippen LogP contribution in [0.4, 0.5) is 0 Å². The van der Waals surface area contributed by atoms with Crippen molar-refractivity contribution in [2.45, 2.75) is 65.7 Å². The highest BCUT2D eigenvalue weighted by Gasteiger charge is 2.14. The molecule has 0 aliphatic heterocycles. The van der Waals surface area contributed by atoms with Gasteiger partial charge in [0.1, 0.15) is 0 Å². The van der Waals surface area contributed by atoms with Crippen LogP contribution < -0.4 is 12.4 Å². The maximum atomic E-state index is 5.82. The fraction of sp³-hybridized carbons (Fsp3) is 1.00. The number of rotatable bonds is 12. The van der Waals surface area contributed by atoms with Crippen LogP contribution >= 0.6 is 0 Å². The summed E-state index contributed by atoms with van der Waals surface area (Å²) in [5, 5.41) is 0. The third-order valence-electron chi connectivity index (χ3n) is 3.66. The number of ether oxygens (including phenoxy) is 1. The topological polar surface area (TPSA) is 9.23 Å². The SMILES string of the molecule is CCCCCCCC[N+](C)(C)COCC(C)CC.[Cl-]. The Kier molecular flexibility index (Phi) is 14.9. The van der Waals surface area contributed by atoms with E-state index in [1.54, 1.807) is 0 Å². The molecule has 0 aliphatic carbocycles. The standard InChI is InChI=1S/C16H36NO.ClH/c1-6-8-9-10-11-12-13-17(4,5)15-18-14-16(3)7-2;/h16H,6-15H2,1-5H3;1H/q+1;/p-1. The fourth-order valence-corrected chi connectivity index (χ4v) is 2.00.